The number of epoxide rings is 1. The van der Waals surface area contributed by atoms with E-state index in [-0.39, 0.29) is 0 Å². The van der Waals surface area contributed by atoms with Gasteiger partial charge in [0.2, 0.25) is 0 Å². The SMILES string of the molecule is CCO[SiH3].C[Si](C)(C)CCC1CCC2OC2C1. The van der Waals surface area contributed by atoms with Gasteiger partial charge in [0, 0.05) is 14.7 Å². The normalized spacial score (nSPS) is 31.4. The van der Waals surface area contributed by atoms with Crippen molar-refractivity contribution in [3.8, 4) is 0 Å². The number of fused-ring (bicyclic) bond motifs is 1. The van der Waals surface area contributed by atoms with E-state index < -0.39 is 8.07 Å². The van der Waals surface area contributed by atoms with Crippen LogP contribution in [-0.4, -0.2) is 37.4 Å². The highest BCUT2D eigenvalue weighted by Gasteiger charge is 2.43. The molecule has 0 radical (unpaired) electrons. The molecule has 2 nitrogen and oxygen atoms in total. The van der Waals surface area contributed by atoms with Crippen LogP contribution in [0.1, 0.15) is 32.6 Å². The van der Waals surface area contributed by atoms with Crippen LogP contribution >= 0.6 is 0 Å². The van der Waals surface area contributed by atoms with Gasteiger partial charge in [0.1, 0.15) is 10.5 Å². The van der Waals surface area contributed by atoms with Gasteiger partial charge in [0.25, 0.3) is 0 Å². The average Bonchev–Trinajstić information content (AvgIpc) is 3.04. The summed E-state index contributed by atoms with van der Waals surface area (Å²) in [6.07, 6.45) is 6.99. The first-order chi connectivity index (χ1) is 7.96. The summed E-state index contributed by atoms with van der Waals surface area (Å²) in [6.45, 7) is 10.3. The van der Waals surface area contributed by atoms with Crippen LogP contribution in [0.2, 0.25) is 25.7 Å². The van der Waals surface area contributed by atoms with Crippen molar-refractivity contribution in [2.75, 3.05) is 6.61 Å². The highest BCUT2D eigenvalue weighted by atomic mass is 28.3. The van der Waals surface area contributed by atoms with Crippen LogP contribution in [0.4, 0.5) is 0 Å². The Morgan fingerprint density at radius 3 is 2.35 bits per heavy atom. The van der Waals surface area contributed by atoms with Crippen LogP contribution in [0, 0.1) is 5.92 Å². The van der Waals surface area contributed by atoms with Crippen LogP contribution in [-0.2, 0) is 9.16 Å². The van der Waals surface area contributed by atoms with Crippen molar-refractivity contribution >= 4 is 18.6 Å². The third kappa shape index (κ3) is 6.74. The molecular formula is C13H30O2Si2. The van der Waals surface area contributed by atoms with Gasteiger partial charge in [-0.05, 0) is 32.1 Å². The second-order valence-corrected chi connectivity index (χ2v) is 12.8. The maximum Gasteiger partial charge on any atom is 0.145 e. The molecule has 0 bridgehead atoms. The standard InChI is InChI=1S/C11H22OSi.C2H8OSi/c1-13(2,3)7-6-9-4-5-10-11(8-9)12-10;1-2-3-4/h9-11H,4-8H2,1-3H3;2H2,1,4H3. The smallest absolute Gasteiger partial charge is 0.145 e. The summed E-state index contributed by atoms with van der Waals surface area (Å²) < 4.78 is 10.2. The Labute approximate surface area is 111 Å². The predicted octanol–water partition coefficient (Wildman–Crippen LogP) is 2.59. The molecule has 17 heavy (non-hydrogen) atoms. The monoisotopic (exact) mass is 274 g/mol. The first-order valence-corrected chi connectivity index (χ1v) is 11.6. The minimum absolute atomic E-state index is 0.681. The molecule has 2 aliphatic rings. The Balaban J connectivity index is 0.000000317. The minimum Gasteiger partial charge on any atom is -0.428 e. The molecule has 0 aromatic rings. The molecule has 0 aromatic carbocycles. The fraction of sp³-hybridized carbons (Fsp3) is 1.00. The van der Waals surface area contributed by atoms with Crippen LogP contribution in [0.25, 0.3) is 0 Å². The summed E-state index contributed by atoms with van der Waals surface area (Å²) in [5.41, 5.74) is 0. The predicted molar refractivity (Wildman–Crippen MR) is 80.3 cm³/mol. The summed E-state index contributed by atoms with van der Waals surface area (Å²) in [5, 5.41) is 0. The summed E-state index contributed by atoms with van der Waals surface area (Å²) in [5.74, 6) is 0.996. The molecule has 1 saturated heterocycles. The molecule has 1 aliphatic heterocycles. The fourth-order valence-electron chi connectivity index (χ4n) is 2.39. The lowest BCUT2D eigenvalue weighted by Gasteiger charge is -2.23. The van der Waals surface area contributed by atoms with Crippen LogP contribution in [0.3, 0.4) is 0 Å². The molecule has 0 spiro atoms. The Morgan fingerprint density at radius 1 is 1.24 bits per heavy atom. The third-order valence-electron chi connectivity index (χ3n) is 3.70. The molecule has 102 valence electrons. The van der Waals surface area contributed by atoms with E-state index in [1.165, 1.54) is 31.7 Å². The number of hydrogen-bond acceptors (Lipinski definition) is 2. The van der Waals surface area contributed by atoms with Crippen molar-refractivity contribution in [2.45, 2.75) is 70.5 Å². The summed E-state index contributed by atoms with van der Waals surface area (Å²) >= 11 is 0. The molecule has 0 amide bonds. The molecule has 2 fully saturated rings. The topological polar surface area (TPSA) is 21.8 Å². The quantitative estimate of drug-likeness (QED) is 0.580. The van der Waals surface area contributed by atoms with Gasteiger partial charge < -0.3 is 9.16 Å². The Hall–Kier alpha value is 0.354. The molecule has 3 unspecified atom stereocenters. The third-order valence-corrected chi connectivity index (χ3v) is 6.07. The lowest BCUT2D eigenvalue weighted by Crippen LogP contribution is -2.22. The maximum absolute atomic E-state index is 5.55. The van der Waals surface area contributed by atoms with E-state index in [1.807, 2.05) is 6.92 Å². The van der Waals surface area contributed by atoms with E-state index in [4.69, 9.17) is 4.74 Å². The number of ether oxygens (including phenoxy) is 1. The van der Waals surface area contributed by atoms with E-state index in [0.717, 1.165) is 23.0 Å². The number of rotatable bonds is 4. The summed E-state index contributed by atoms with van der Waals surface area (Å²) in [6, 6.07) is 1.51. The second-order valence-electron chi connectivity index (χ2n) is 6.57. The van der Waals surface area contributed by atoms with Crippen LogP contribution < -0.4 is 0 Å². The Kier molecular flexibility index (Phi) is 6.41. The van der Waals surface area contributed by atoms with Gasteiger partial charge in [-0.2, -0.15) is 0 Å². The first-order valence-electron chi connectivity index (χ1n) is 7.10. The van der Waals surface area contributed by atoms with Crippen molar-refractivity contribution in [3.63, 3.8) is 0 Å². The van der Waals surface area contributed by atoms with Crippen molar-refractivity contribution in [1.29, 1.82) is 0 Å². The molecule has 2 rings (SSSR count). The highest BCUT2D eigenvalue weighted by Crippen LogP contribution is 2.41. The Bertz CT molecular complexity index is 214. The zero-order chi connectivity index (χ0) is 12.9. The van der Waals surface area contributed by atoms with Crippen LogP contribution in [0.15, 0.2) is 0 Å². The molecule has 1 aliphatic carbocycles. The number of hydrogen-bond donors (Lipinski definition) is 0. The summed E-state index contributed by atoms with van der Waals surface area (Å²) in [7, 11) is 0.0992. The van der Waals surface area contributed by atoms with E-state index >= 15 is 0 Å². The molecule has 1 saturated carbocycles. The lowest BCUT2D eigenvalue weighted by atomic mass is 9.88. The van der Waals surface area contributed by atoms with Crippen molar-refractivity contribution in [3.05, 3.63) is 0 Å². The fourth-order valence-corrected chi connectivity index (χ4v) is 3.66. The van der Waals surface area contributed by atoms with Gasteiger partial charge in [-0.25, -0.2) is 0 Å². The maximum atomic E-state index is 5.55. The zero-order valence-electron chi connectivity index (χ0n) is 12.3. The van der Waals surface area contributed by atoms with E-state index in [1.54, 1.807) is 0 Å². The molecule has 4 heteroatoms. The van der Waals surface area contributed by atoms with E-state index in [9.17, 15) is 0 Å². The van der Waals surface area contributed by atoms with Gasteiger partial charge >= 0.3 is 0 Å². The largest absolute Gasteiger partial charge is 0.428 e. The minimum atomic E-state index is -0.790. The van der Waals surface area contributed by atoms with E-state index in [2.05, 4.69) is 24.1 Å². The van der Waals surface area contributed by atoms with Gasteiger partial charge in [-0.3, -0.25) is 0 Å². The van der Waals surface area contributed by atoms with Crippen molar-refractivity contribution in [1.82, 2.24) is 0 Å². The molecule has 0 aromatic heterocycles. The molecule has 3 atom stereocenters. The first kappa shape index (κ1) is 15.4. The summed E-state index contributed by atoms with van der Waals surface area (Å²) in [4.78, 5) is 0. The van der Waals surface area contributed by atoms with Crippen molar-refractivity contribution < 1.29 is 9.16 Å². The van der Waals surface area contributed by atoms with E-state index in [0.29, 0.717) is 12.2 Å². The van der Waals surface area contributed by atoms with Crippen LogP contribution in [0.5, 0.6) is 0 Å². The molecule has 1 heterocycles. The highest BCUT2D eigenvalue weighted by molar-refractivity contribution is 6.76. The lowest BCUT2D eigenvalue weighted by molar-refractivity contribution is 0.357. The molecular weight excluding hydrogens is 244 g/mol. The van der Waals surface area contributed by atoms with Gasteiger partial charge in [0.15, 0.2) is 0 Å². The van der Waals surface area contributed by atoms with Crippen molar-refractivity contribution in [2.24, 2.45) is 5.92 Å². The van der Waals surface area contributed by atoms with Gasteiger partial charge in [-0.15, -0.1) is 0 Å². The average molecular weight is 275 g/mol. The Morgan fingerprint density at radius 2 is 1.88 bits per heavy atom. The zero-order valence-corrected chi connectivity index (χ0v) is 15.3. The molecule has 0 N–H and O–H groups in total. The van der Waals surface area contributed by atoms with Gasteiger partial charge in [0.05, 0.1) is 12.2 Å². The second kappa shape index (κ2) is 7.07. The van der Waals surface area contributed by atoms with Gasteiger partial charge in [-0.1, -0.05) is 32.1 Å².